The summed E-state index contributed by atoms with van der Waals surface area (Å²) >= 11 is 1.35. The number of thiophene rings is 1. The number of piperazine rings is 1. The van der Waals surface area contributed by atoms with Gasteiger partial charge in [0.2, 0.25) is 11.8 Å². The average Bonchev–Trinajstić information content (AvgIpc) is 4.06. The molecule has 6 heterocycles. The third-order valence-corrected chi connectivity index (χ3v) is 15.2. The summed E-state index contributed by atoms with van der Waals surface area (Å²) in [6.45, 7) is 8.95. The average molecular weight is 907 g/mol. The zero-order valence-corrected chi connectivity index (χ0v) is 38.6. The van der Waals surface area contributed by atoms with Crippen molar-refractivity contribution in [3.63, 3.8) is 0 Å². The number of rotatable bonds is 14. The van der Waals surface area contributed by atoms with Crippen LogP contribution in [0, 0.1) is 17.8 Å². The number of likely N-dealkylation sites (tertiary alicyclic amines) is 1. The van der Waals surface area contributed by atoms with Gasteiger partial charge >= 0.3 is 0 Å². The number of hydrogen-bond donors (Lipinski definition) is 2. The van der Waals surface area contributed by atoms with Crippen molar-refractivity contribution in [1.29, 1.82) is 0 Å². The van der Waals surface area contributed by atoms with Crippen molar-refractivity contribution in [1.82, 2.24) is 34.8 Å². The molecular formula is C48H58N8O8S. The second-order valence-corrected chi connectivity index (χ2v) is 19.6. The van der Waals surface area contributed by atoms with E-state index in [0.29, 0.717) is 63.7 Å². The van der Waals surface area contributed by atoms with Gasteiger partial charge in [-0.2, -0.15) is 0 Å². The molecule has 4 aliphatic heterocycles. The van der Waals surface area contributed by atoms with E-state index in [0.717, 1.165) is 104 Å². The largest absolute Gasteiger partial charge is 0.496 e. The highest BCUT2D eigenvalue weighted by atomic mass is 32.1. The van der Waals surface area contributed by atoms with Crippen molar-refractivity contribution < 1.29 is 33.4 Å². The molecule has 0 bridgehead atoms. The standard InChI is InChI=1S/C48H58N8O8S/c1-51(2)26-37-39(63-4)19-29(20-40(37)64-5)36-27-52(3)46(60)35-22-41(65-43(35)36)45(59)49-23-28-17-30-24-54(25-31(30)18-28)12-6-11-53-13-15-55(16-14-53)32-7-8-33-34(21-32)48(62)56(47(33)61)38-9-10-42(57)50-44(38)58/h7-8,19-22,27-28,30-31,38H,6,9-18,23-26H2,1-5H3,(H,49,59)(H,50,57,58). The first-order valence-corrected chi connectivity index (χ1v) is 23.5. The van der Waals surface area contributed by atoms with Gasteiger partial charge in [0, 0.05) is 88.0 Å². The fourth-order valence-electron chi connectivity index (χ4n) is 10.8. The quantitative estimate of drug-likeness (QED) is 0.177. The number of nitrogens with one attached hydrogen (secondary N) is 2. The predicted molar refractivity (Wildman–Crippen MR) is 248 cm³/mol. The molecule has 2 aromatic heterocycles. The third kappa shape index (κ3) is 8.78. The first-order chi connectivity index (χ1) is 31.3. The normalized spacial score (nSPS) is 22.6. The van der Waals surface area contributed by atoms with Crippen LogP contribution in [0.1, 0.15) is 68.1 Å². The Bertz CT molecular complexity index is 2580. The highest BCUT2D eigenvalue weighted by molar-refractivity contribution is 7.21. The van der Waals surface area contributed by atoms with E-state index in [-0.39, 0.29) is 24.3 Å². The number of imide groups is 2. The number of anilines is 1. The Hall–Kier alpha value is -5.62. The molecule has 3 atom stereocenters. The molecule has 5 aliphatic rings. The maximum atomic E-state index is 13.6. The van der Waals surface area contributed by atoms with Crippen LogP contribution in [0.15, 0.2) is 47.4 Å². The van der Waals surface area contributed by atoms with E-state index in [1.165, 1.54) is 11.3 Å². The van der Waals surface area contributed by atoms with Gasteiger partial charge in [-0.1, -0.05) is 0 Å². The third-order valence-electron chi connectivity index (χ3n) is 14.1. The first-order valence-electron chi connectivity index (χ1n) is 22.7. The Balaban J connectivity index is 0.729. The summed E-state index contributed by atoms with van der Waals surface area (Å²) in [6, 6.07) is 10.0. The smallest absolute Gasteiger partial charge is 0.262 e. The highest BCUT2D eigenvalue weighted by Gasteiger charge is 2.45. The summed E-state index contributed by atoms with van der Waals surface area (Å²) < 4.78 is 13.9. The summed E-state index contributed by atoms with van der Waals surface area (Å²) in [5.74, 6) is 0.982. The summed E-state index contributed by atoms with van der Waals surface area (Å²) in [4.78, 5) is 88.5. The van der Waals surface area contributed by atoms with Crippen LogP contribution in [0.3, 0.4) is 0 Å². The van der Waals surface area contributed by atoms with E-state index in [1.807, 2.05) is 38.5 Å². The maximum Gasteiger partial charge on any atom is 0.262 e. The molecule has 17 heteroatoms. The lowest BCUT2D eigenvalue weighted by Gasteiger charge is -2.36. The van der Waals surface area contributed by atoms with Gasteiger partial charge in [-0.15, -0.1) is 11.3 Å². The molecule has 2 aromatic carbocycles. The highest BCUT2D eigenvalue weighted by Crippen LogP contribution is 2.42. The minimum absolute atomic E-state index is 0.0920. The number of aryl methyl sites for hydroxylation is 1. The monoisotopic (exact) mass is 906 g/mol. The number of carbonyl (C=O) groups is 5. The molecule has 3 saturated heterocycles. The Morgan fingerprint density at radius 1 is 0.862 bits per heavy atom. The van der Waals surface area contributed by atoms with Gasteiger partial charge < -0.3 is 34.1 Å². The number of methoxy groups -OCH3 is 2. The topological polar surface area (TPSA) is 166 Å². The maximum absolute atomic E-state index is 13.6. The molecule has 344 valence electrons. The van der Waals surface area contributed by atoms with E-state index >= 15 is 0 Å². The minimum Gasteiger partial charge on any atom is -0.496 e. The Kier molecular flexibility index (Phi) is 12.6. The lowest BCUT2D eigenvalue weighted by molar-refractivity contribution is -0.136. The van der Waals surface area contributed by atoms with Crippen LogP contribution in [0.4, 0.5) is 5.69 Å². The SMILES string of the molecule is COc1cc(-c2cn(C)c(=O)c3cc(C(=O)NCC4CC5CN(CCCN6CCN(c7ccc8c(c7)C(=O)N(C7CCC(=O)NC7=O)C8=O)CC6)CC5C4)sc23)cc(OC)c1CN(C)C. The number of nitrogens with zero attached hydrogens (tertiary/aromatic N) is 6. The van der Waals surface area contributed by atoms with Crippen LogP contribution in [-0.4, -0.2) is 147 Å². The van der Waals surface area contributed by atoms with Gasteiger partial charge in [0.15, 0.2) is 0 Å². The van der Waals surface area contributed by atoms with Crippen LogP contribution >= 0.6 is 11.3 Å². The number of piperidine rings is 1. The number of pyridine rings is 1. The van der Waals surface area contributed by atoms with Gasteiger partial charge in [0.05, 0.1) is 41.2 Å². The van der Waals surface area contributed by atoms with E-state index in [4.69, 9.17) is 9.47 Å². The second kappa shape index (κ2) is 18.3. The molecule has 5 amide bonds. The zero-order valence-electron chi connectivity index (χ0n) is 37.8. The molecule has 65 heavy (non-hydrogen) atoms. The number of carbonyl (C=O) groups excluding carboxylic acids is 5. The Morgan fingerprint density at radius 3 is 2.20 bits per heavy atom. The molecule has 3 unspecified atom stereocenters. The van der Waals surface area contributed by atoms with Gasteiger partial charge in [-0.25, -0.2) is 0 Å². The molecule has 1 aliphatic carbocycles. The van der Waals surface area contributed by atoms with Crippen LogP contribution in [0.5, 0.6) is 11.5 Å². The van der Waals surface area contributed by atoms with Gasteiger partial charge in [0.1, 0.15) is 17.5 Å². The van der Waals surface area contributed by atoms with Crippen LogP contribution in [-0.2, 0) is 23.2 Å². The van der Waals surface area contributed by atoms with Gasteiger partial charge in [-0.3, -0.25) is 43.9 Å². The number of fused-ring (bicyclic) bond motifs is 3. The number of aromatic nitrogens is 1. The second-order valence-electron chi connectivity index (χ2n) is 18.6. The van der Waals surface area contributed by atoms with Gasteiger partial charge in [-0.05, 0) is 113 Å². The molecule has 9 rings (SSSR count). The van der Waals surface area contributed by atoms with E-state index in [9.17, 15) is 28.8 Å². The van der Waals surface area contributed by atoms with Crippen molar-refractivity contribution in [2.45, 2.75) is 44.7 Å². The van der Waals surface area contributed by atoms with E-state index in [1.54, 1.807) is 44.0 Å². The minimum atomic E-state index is -0.973. The van der Waals surface area contributed by atoms with E-state index in [2.05, 4.69) is 30.2 Å². The van der Waals surface area contributed by atoms with Crippen LogP contribution in [0.25, 0.3) is 21.2 Å². The van der Waals surface area contributed by atoms with Crippen molar-refractivity contribution in [3.05, 3.63) is 74.5 Å². The molecule has 0 spiro atoms. The predicted octanol–water partition coefficient (Wildman–Crippen LogP) is 3.65. The molecule has 1 saturated carbocycles. The molecular weight excluding hydrogens is 849 g/mol. The molecule has 4 fully saturated rings. The van der Waals surface area contributed by atoms with Crippen molar-refractivity contribution in [2.75, 3.05) is 92.1 Å². The van der Waals surface area contributed by atoms with Crippen molar-refractivity contribution in [2.24, 2.45) is 24.8 Å². The number of amides is 5. The number of hydrogen-bond acceptors (Lipinski definition) is 13. The summed E-state index contributed by atoms with van der Waals surface area (Å²) in [5, 5.41) is 5.98. The van der Waals surface area contributed by atoms with E-state index < -0.39 is 29.7 Å². The summed E-state index contributed by atoms with van der Waals surface area (Å²) in [5.41, 5.74) is 3.97. The van der Waals surface area contributed by atoms with Crippen molar-refractivity contribution in [3.8, 4) is 22.6 Å². The summed E-state index contributed by atoms with van der Waals surface area (Å²) in [7, 11) is 9.00. The number of ether oxygens (including phenoxy) is 2. The van der Waals surface area contributed by atoms with Gasteiger partial charge in [0.25, 0.3) is 23.3 Å². The molecule has 4 aromatic rings. The van der Waals surface area contributed by atoms with Crippen molar-refractivity contribution >= 4 is 56.6 Å². The first kappa shape index (κ1) is 44.6. The molecule has 0 radical (unpaired) electrons. The van der Waals surface area contributed by atoms with Crippen LogP contribution < -0.4 is 30.6 Å². The summed E-state index contributed by atoms with van der Waals surface area (Å²) in [6.07, 6.45) is 5.35. The lowest BCUT2D eigenvalue weighted by atomic mass is 10.0. The Morgan fingerprint density at radius 2 is 1.54 bits per heavy atom. The lowest BCUT2D eigenvalue weighted by Crippen LogP contribution is -2.54. The Labute approximate surface area is 382 Å². The molecule has 2 N–H and O–H groups in total. The number of benzene rings is 2. The molecule has 16 nitrogen and oxygen atoms in total. The fourth-order valence-corrected chi connectivity index (χ4v) is 11.9. The fraction of sp³-hybridized carbons (Fsp3) is 0.500. The zero-order chi connectivity index (χ0) is 45.7. The van der Waals surface area contributed by atoms with Crippen LogP contribution in [0.2, 0.25) is 0 Å².